The van der Waals surface area contributed by atoms with Crippen molar-refractivity contribution in [1.82, 2.24) is 10.2 Å². The highest BCUT2D eigenvalue weighted by molar-refractivity contribution is 5.94. The Balaban J connectivity index is 1.64. The molecule has 5 nitrogen and oxygen atoms in total. The number of nitrogens with zero attached hydrogens (tertiary/aromatic N) is 1. The Morgan fingerprint density at radius 2 is 2.00 bits per heavy atom. The van der Waals surface area contributed by atoms with Crippen molar-refractivity contribution in [3.63, 3.8) is 0 Å². The number of hydrogen-bond acceptors (Lipinski definition) is 4. The number of halogens is 1. The molecular weight excluding hydrogens is 323 g/mol. The number of nitrogens with one attached hydrogen (secondary N) is 1. The van der Waals surface area contributed by atoms with E-state index in [0.29, 0.717) is 36.4 Å². The molecule has 3 rings (SSSR count). The second-order valence-electron chi connectivity index (χ2n) is 7.03. The summed E-state index contributed by atoms with van der Waals surface area (Å²) >= 11 is 0. The van der Waals surface area contributed by atoms with E-state index in [1.54, 1.807) is 19.2 Å². The van der Waals surface area contributed by atoms with Gasteiger partial charge in [0.15, 0.2) is 0 Å². The summed E-state index contributed by atoms with van der Waals surface area (Å²) in [4.78, 5) is 14.7. The van der Waals surface area contributed by atoms with Crippen LogP contribution in [-0.4, -0.2) is 56.3 Å². The minimum atomic E-state index is -0.350. The van der Waals surface area contributed by atoms with Crippen LogP contribution < -0.4 is 5.32 Å². The molecule has 2 heterocycles. The minimum absolute atomic E-state index is 0.0514. The van der Waals surface area contributed by atoms with E-state index in [0.717, 1.165) is 12.8 Å². The average Bonchev–Trinajstić information content (AvgIpc) is 2.96. The first-order valence-corrected chi connectivity index (χ1v) is 8.96. The molecule has 1 aromatic carbocycles. The number of carbonyl (C=O) groups excluding carboxylic acids is 1. The minimum Gasteiger partial charge on any atom is -0.382 e. The second-order valence-corrected chi connectivity index (χ2v) is 7.03. The number of rotatable bonds is 7. The summed E-state index contributed by atoms with van der Waals surface area (Å²) < 4.78 is 24.3. The van der Waals surface area contributed by atoms with E-state index in [1.807, 2.05) is 11.9 Å². The molecule has 0 aromatic heterocycles. The van der Waals surface area contributed by atoms with Crippen LogP contribution in [0.25, 0.3) is 0 Å². The summed E-state index contributed by atoms with van der Waals surface area (Å²) in [6.45, 7) is 0.990. The summed E-state index contributed by atoms with van der Waals surface area (Å²) in [6.07, 6.45) is 4.38. The number of methoxy groups -OCH3 is 1. The van der Waals surface area contributed by atoms with Crippen molar-refractivity contribution in [3.8, 4) is 0 Å². The fourth-order valence-electron chi connectivity index (χ4n) is 3.86. The van der Waals surface area contributed by atoms with Gasteiger partial charge in [-0.3, -0.25) is 4.79 Å². The maximum absolute atomic E-state index is 14.0. The molecule has 0 saturated carbocycles. The monoisotopic (exact) mass is 350 g/mol. The number of piperidine rings is 1. The van der Waals surface area contributed by atoms with Gasteiger partial charge in [0.25, 0.3) is 5.91 Å². The van der Waals surface area contributed by atoms with Crippen molar-refractivity contribution in [2.45, 2.75) is 50.4 Å². The molecule has 138 valence electrons. The van der Waals surface area contributed by atoms with Crippen molar-refractivity contribution in [2.24, 2.45) is 0 Å². The molecule has 1 aromatic rings. The molecular formula is C19H27FN2O3. The van der Waals surface area contributed by atoms with Gasteiger partial charge in [0.2, 0.25) is 0 Å². The standard InChI is InChI=1S/C19H27FN2O3/c1-22(17-10-15-4-5-16(11-17)21-15)19(23)13-3-6-18(20)14(9-13)12-25-8-7-24-2/h3,6,9,15-17,21H,4-5,7-8,10-12H2,1-2H3. The van der Waals surface area contributed by atoms with Crippen molar-refractivity contribution in [1.29, 1.82) is 0 Å². The molecule has 6 heteroatoms. The maximum Gasteiger partial charge on any atom is 0.253 e. The molecule has 1 amide bonds. The Kier molecular flexibility index (Phi) is 6.04. The average molecular weight is 350 g/mol. The fraction of sp³-hybridized carbons (Fsp3) is 0.632. The first kappa shape index (κ1) is 18.3. The summed E-state index contributed by atoms with van der Waals surface area (Å²) in [7, 11) is 3.45. The Morgan fingerprint density at radius 3 is 2.68 bits per heavy atom. The number of hydrogen-bond donors (Lipinski definition) is 1. The molecule has 2 fully saturated rings. The third-order valence-corrected chi connectivity index (χ3v) is 5.30. The van der Waals surface area contributed by atoms with Gasteiger partial charge in [-0.1, -0.05) is 0 Å². The van der Waals surface area contributed by atoms with Gasteiger partial charge in [-0.2, -0.15) is 0 Å². The van der Waals surface area contributed by atoms with Crippen LogP contribution in [0.4, 0.5) is 4.39 Å². The zero-order valence-electron chi connectivity index (χ0n) is 15.0. The molecule has 2 bridgehead atoms. The van der Waals surface area contributed by atoms with Crippen molar-refractivity contribution < 1.29 is 18.7 Å². The quantitative estimate of drug-likeness (QED) is 0.767. The van der Waals surface area contributed by atoms with Crippen molar-refractivity contribution >= 4 is 5.91 Å². The van der Waals surface area contributed by atoms with E-state index in [-0.39, 0.29) is 24.4 Å². The summed E-state index contributed by atoms with van der Waals surface area (Å²) in [5.41, 5.74) is 0.917. The highest BCUT2D eigenvalue weighted by Crippen LogP contribution is 2.30. The second kappa shape index (κ2) is 8.25. The molecule has 0 aliphatic carbocycles. The Bertz CT molecular complexity index is 598. The Morgan fingerprint density at radius 1 is 1.28 bits per heavy atom. The van der Waals surface area contributed by atoms with Gasteiger partial charge in [-0.15, -0.1) is 0 Å². The third-order valence-electron chi connectivity index (χ3n) is 5.30. The SMILES string of the molecule is COCCOCc1cc(C(=O)N(C)C2CC3CCC(C2)N3)ccc1F. The van der Waals surface area contributed by atoms with E-state index in [9.17, 15) is 9.18 Å². The van der Waals surface area contributed by atoms with Gasteiger partial charge >= 0.3 is 0 Å². The molecule has 25 heavy (non-hydrogen) atoms. The Labute approximate surface area is 148 Å². The number of benzene rings is 1. The number of ether oxygens (including phenoxy) is 2. The largest absolute Gasteiger partial charge is 0.382 e. The molecule has 2 unspecified atom stereocenters. The van der Waals surface area contributed by atoms with Gasteiger partial charge in [0.05, 0.1) is 19.8 Å². The van der Waals surface area contributed by atoms with E-state index in [2.05, 4.69) is 5.32 Å². The van der Waals surface area contributed by atoms with Crippen LogP contribution in [0.1, 0.15) is 41.6 Å². The number of carbonyl (C=O) groups is 1. The van der Waals surface area contributed by atoms with E-state index >= 15 is 0 Å². The summed E-state index contributed by atoms with van der Waals surface area (Å²) in [5.74, 6) is -0.402. The van der Waals surface area contributed by atoms with Crippen molar-refractivity contribution in [3.05, 3.63) is 35.1 Å². The smallest absolute Gasteiger partial charge is 0.253 e. The normalized spacial score (nSPS) is 25.2. The van der Waals surface area contributed by atoms with Gasteiger partial charge in [-0.05, 0) is 43.9 Å². The van der Waals surface area contributed by atoms with E-state index in [4.69, 9.17) is 9.47 Å². The van der Waals surface area contributed by atoms with E-state index in [1.165, 1.54) is 18.9 Å². The predicted octanol–water partition coefficient (Wildman–Crippen LogP) is 2.34. The molecule has 2 atom stereocenters. The highest BCUT2D eigenvalue weighted by Gasteiger charge is 2.36. The predicted molar refractivity (Wildman–Crippen MR) is 93.0 cm³/mol. The first-order chi connectivity index (χ1) is 12.1. The Hall–Kier alpha value is -1.50. The third kappa shape index (κ3) is 4.37. The molecule has 2 aliphatic rings. The van der Waals surface area contributed by atoms with Gasteiger partial charge in [0, 0.05) is 43.4 Å². The highest BCUT2D eigenvalue weighted by atomic mass is 19.1. The topological polar surface area (TPSA) is 50.8 Å². The number of fused-ring (bicyclic) bond motifs is 2. The van der Waals surface area contributed by atoms with Crippen LogP contribution in [0.2, 0.25) is 0 Å². The van der Waals surface area contributed by atoms with Crippen LogP contribution in [-0.2, 0) is 16.1 Å². The molecule has 2 aliphatic heterocycles. The molecule has 1 N–H and O–H groups in total. The lowest BCUT2D eigenvalue weighted by atomic mass is 9.97. The molecule has 0 radical (unpaired) electrons. The lowest BCUT2D eigenvalue weighted by Crippen LogP contribution is -2.48. The van der Waals surface area contributed by atoms with Gasteiger partial charge in [0.1, 0.15) is 5.82 Å². The first-order valence-electron chi connectivity index (χ1n) is 8.96. The van der Waals surface area contributed by atoms with Crippen LogP contribution in [0, 0.1) is 5.82 Å². The van der Waals surface area contributed by atoms with Crippen LogP contribution in [0.3, 0.4) is 0 Å². The van der Waals surface area contributed by atoms with Gasteiger partial charge < -0.3 is 19.7 Å². The molecule has 0 spiro atoms. The summed E-state index contributed by atoms with van der Waals surface area (Å²) in [6, 6.07) is 5.81. The zero-order valence-corrected chi connectivity index (χ0v) is 15.0. The fourth-order valence-corrected chi connectivity index (χ4v) is 3.86. The van der Waals surface area contributed by atoms with Crippen LogP contribution in [0.5, 0.6) is 0 Å². The van der Waals surface area contributed by atoms with Gasteiger partial charge in [-0.25, -0.2) is 4.39 Å². The summed E-state index contributed by atoms with van der Waals surface area (Å²) in [5, 5.41) is 3.59. The van der Waals surface area contributed by atoms with E-state index < -0.39 is 0 Å². The maximum atomic E-state index is 14.0. The molecule has 2 saturated heterocycles. The van der Waals surface area contributed by atoms with Crippen LogP contribution in [0.15, 0.2) is 18.2 Å². The lowest BCUT2D eigenvalue weighted by molar-refractivity contribution is 0.0601. The zero-order chi connectivity index (χ0) is 17.8. The lowest BCUT2D eigenvalue weighted by Gasteiger charge is -2.35. The van der Waals surface area contributed by atoms with Crippen molar-refractivity contribution in [2.75, 3.05) is 27.4 Å². The van der Waals surface area contributed by atoms with Crippen LogP contribution >= 0.6 is 0 Å². The number of amides is 1.